The number of piperidine rings is 2. The van der Waals surface area contributed by atoms with E-state index < -0.39 is 0 Å². The van der Waals surface area contributed by atoms with E-state index in [-0.39, 0.29) is 11.4 Å². The molecule has 3 heteroatoms. The smallest absolute Gasteiger partial charge is 0.313 e. The molecule has 2 rings (SSSR count). The van der Waals surface area contributed by atoms with Crippen molar-refractivity contribution in [3.8, 4) is 0 Å². The zero-order valence-corrected chi connectivity index (χ0v) is 8.21. The largest absolute Gasteiger partial charge is 0.469 e. The number of carbonyl (C=O) groups excluding carboxylic acids is 1. The normalized spacial score (nSPS) is 38.4. The average molecular weight is 183 g/mol. The molecule has 2 heterocycles. The summed E-state index contributed by atoms with van der Waals surface area (Å²) in [4.78, 5) is 14.0. The van der Waals surface area contributed by atoms with Crippen LogP contribution in [0.3, 0.4) is 0 Å². The number of hydrogen-bond donors (Lipinski definition) is 0. The van der Waals surface area contributed by atoms with Gasteiger partial charge in [-0.15, -0.1) is 0 Å². The molecule has 2 saturated heterocycles. The number of methoxy groups -OCH3 is 1. The maximum atomic E-state index is 11.7. The molecule has 0 spiro atoms. The summed E-state index contributed by atoms with van der Waals surface area (Å²) in [5.74, 6) is 0.0110. The Kier molecular flexibility index (Phi) is 2.28. The summed E-state index contributed by atoms with van der Waals surface area (Å²) in [6.45, 7) is 3.26. The molecule has 0 N–H and O–H groups in total. The van der Waals surface area contributed by atoms with Gasteiger partial charge in [-0.3, -0.25) is 4.79 Å². The summed E-state index contributed by atoms with van der Waals surface area (Å²) in [5, 5.41) is 0. The molecule has 0 amide bonds. The molecular weight excluding hydrogens is 166 g/mol. The molecule has 2 bridgehead atoms. The van der Waals surface area contributed by atoms with E-state index in [1.54, 1.807) is 0 Å². The summed E-state index contributed by atoms with van der Waals surface area (Å²) in [6, 6.07) is 0. The van der Waals surface area contributed by atoms with Crippen molar-refractivity contribution in [2.75, 3.05) is 26.7 Å². The number of hydrogen-bond acceptors (Lipinski definition) is 3. The maximum Gasteiger partial charge on any atom is 0.313 e. The lowest BCUT2D eigenvalue weighted by Crippen LogP contribution is -2.52. The van der Waals surface area contributed by atoms with Crippen LogP contribution in [0.1, 0.15) is 25.7 Å². The lowest BCUT2D eigenvalue weighted by atomic mass is 9.74. The molecule has 0 aromatic heterocycles. The molecule has 2 aliphatic rings. The van der Waals surface area contributed by atoms with Gasteiger partial charge < -0.3 is 9.64 Å². The summed E-state index contributed by atoms with van der Waals surface area (Å²) < 4.78 is 4.90. The Bertz CT molecular complexity index is 205. The van der Waals surface area contributed by atoms with E-state index in [1.165, 1.54) is 20.2 Å². The summed E-state index contributed by atoms with van der Waals surface area (Å²) in [5.41, 5.74) is -0.148. The van der Waals surface area contributed by atoms with Gasteiger partial charge in [-0.25, -0.2) is 0 Å². The monoisotopic (exact) mass is 183 g/mol. The number of ether oxygens (including phenoxy) is 1. The highest BCUT2D eigenvalue weighted by atomic mass is 16.5. The van der Waals surface area contributed by atoms with Gasteiger partial charge in [0, 0.05) is 6.54 Å². The lowest BCUT2D eigenvalue weighted by Gasteiger charge is -2.44. The first-order valence-electron chi connectivity index (χ1n) is 5.08. The van der Waals surface area contributed by atoms with Gasteiger partial charge >= 0.3 is 5.97 Å². The SMILES string of the molecule is COC(=O)C12CCCN(CCC1)C2. The fraction of sp³-hybridized carbons (Fsp3) is 0.900. The molecule has 2 fully saturated rings. The first kappa shape index (κ1) is 9.00. The third-order valence-electron chi connectivity index (χ3n) is 3.40. The molecule has 3 nitrogen and oxygen atoms in total. The van der Waals surface area contributed by atoms with Crippen molar-refractivity contribution in [1.29, 1.82) is 0 Å². The van der Waals surface area contributed by atoms with Crippen LogP contribution >= 0.6 is 0 Å². The predicted octanol–water partition coefficient (Wildman–Crippen LogP) is 1.04. The van der Waals surface area contributed by atoms with Crippen molar-refractivity contribution in [2.24, 2.45) is 5.41 Å². The molecule has 0 unspecified atom stereocenters. The zero-order valence-electron chi connectivity index (χ0n) is 8.21. The molecule has 0 aromatic carbocycles. The topological polar surface area (TPSA) is 29.5 Å². The highest BCUT2D eigenvalue weighted by Crippen LogP contribution is 2.39. The van der Waals surface area contributed by atoms with Crippen molar-refractivity contribution in [3.63, 3.8) is 0 Å². The molecule has 0 aliphatic carbocycles. The maximum absolute atomic E-state index is 11.7. The predicted molar refractivity (Wildman–Crippen MR) is 49.4 cm³/mol. The zero-order chi connectivity index (χ0) is 9.31. The first-order valence-corrected chi connectivity index (χ1v) is 5.08. The Labute approximate surface area is 79.0 Å². The molecule has 0 radical (unpaired) electrons. The van der Waals surface area contributed by atoms with E-state index in [9.17, 15) is 4.79 Å². The van der Waals surface area contributed by atoms with E-state index in [0.29, 0.717) is 0 Å². The van der Waals surface area contributed by atoms with Gasteiger partial charge in [0.05, 0.1) is 12.5 Å². The van der Waals surface area contributed by atoms with Crippen molar-refractivity contribution in [3.05, 3.63) is 0 Å². The van der Waals surface area contributed by atoms with E-state index in [4.69, 9.17) is 4.74 Å². The molecule has 0 aromatic rings. The number of esters is 1. The van der Waals surface area contributed by atoms with Crippen LogP contribution in [0.2, 0.25) is 0 Å². The third-order valence-corrected chi connectivity index (χ3v) is 3.40. The quantitative estimate of drug-likeness (QED) is 0.569. The molecule has 2 aliphatic heterocycles. The van der Waals surface area contributed by atoms with Gasteiger partial charge in [-0.05, 0) is 38.8 Å². The Balaban J connectivity index is 2.14. The summed E-state index contributed by atoms with van der Waals surface area (Å²) >= 11 is 0. The van der Waals surface area contributed by atoms with Crippen LogP contribution in [0.25, 0.3) is 0 Å². The minimum atomic E-state index is -0.148. The number of rotatable bonds is 1. The van der Waals surface area contributed by atoms with Gasteiger partial charge in [0.25, 0.3) is 0 Å². The molecular formula is C10H17NO2. The lowest BCUT2D eigenvalue weighted by molar-refractivity contribution is -0.159. The van der Waals surface area contributed by atoms with Gasteiger partial charge in [0.1, 0.15) is 0 Å². The van der Waals surface area contributed by atoms with Crippen LogP contribution in [0.4, 0.5) is 0 Å². The van der Waals surface area contributed by atoms with E-state index in [0.717, 1.165) is 32.2 Å². The second kappa shape index (κ2) is 3.29. The Morgan fingerprint density at radius 1 is 1.31 bits per heavy atom. The summed E-state index contributed by atoms with van der Waals surface area (Å²) in [7, 11) is 1.50. The molecule has 0 saturated carbocycles. The van der Waals surface area contributed by atoms with Crippen molar-refractivity contribution >= 4 is 5.97 Å². The van der Waals surface area contributed by atoms with Gasteiger partial charge in [-0.2, -0.15) is 0 Å². The fourth-order valence-corrected chi connectivity index (χ4v) is 2.75. The molecule has 13 heavy (non-hydrogen) atoms. The number of nitrogens with zero attached hydrogens (tertiary/aromatic N) is 1. The number of fused-ring (bicyclic) bond motifs is 2. The van der Waals surface area contributed by atoms with E-state index >= 15 is 0 Å². The number of carbonyl (C=O) groups is 1. The molecule has 74 valence electrons. The fourth-order valence-electron chi connectivity index (χ4n) is 2.75. The minimum Gasteiger partial charge on any atom is -0.469 e. The average Bonchev–Trinajstić information content (AvgIpc) is 2.17. The van der Waals surface area contributed by atoms with Gasteiger partial charge in [0.15, 0.2) is 0 Å². The standard InChI is InChI=1S/C10H17NO2/c1-13-9(12)10-4-2-6-11(8-10)7-3-5-10/h2-8H2,1H3. The third kappa shape index (κ3) is 1.46. The van der Waals surface area contributed by atoms with Crippen molar-refractivity contribution < 1.29 is 9.53 Å². The Morgan fingerprint density at radius 3 is 2.46 bits per heavy atom. The Morgan fingerprint density at radius 2 is 1.92 bits per heavy atom. The second-order valence-corrected chi connectivity index (χ2v) is 4.26. The van der Waals surface area contributed by atoms with E-state index in [1.807, 2.05) is 0 Å². The van der Waals surface area contributed by atoms with Crippen molar-refractivity contribution in [2.45, 2.75) is 25.7 Å². The Hall–Kier alpha value is -0.570. The van der Waals surface area contributed by atoms with Gasteiger partial charge in [-0.1, -0.05) is 0 Å². The van der Waals surface area contributed by atoms with Crippen LogP contribution in [-0.4, -0.2) is 37.6 Å². The highest BCUT2D eigenvalue weighted by molar-refractivity contribution is 5.77. The van der Waals surface area contributed by atoms with Crippen LogP contribution in [0.15, 0.2) is 0 Å². The van der Waals surface area contributed by atoms with Crippen LogP contribution < -0.4 is 0 Å². The first-order chi connectivity index (χ1) is 6.27. The van der Waals surface area contributed by atoms with Gasteiger partial charge in [0.2, 0.25) is 0 Å². The van der Waals surface area contributed by atoms with Crippen LogP contribution in [0.5, 0.6) is 0 Å². The minimum absolute atomic E-state index is 0.0110. The summed E-state index contributed by atoms with van der Waals surface area (Å²) in [6.07, 6.45) is 4.34. The molecule has 0 atom stereocenters. The van der Waals surface area contributed by atoms with Crippen LogP contribution in [0, 0.1) is 5.41 Å². The second-order valence-electron chi connectivity index (χ2n) is 4.26. The van der Waals surface area contributed by atoms with Crippen molar-refractivity contribution in [1.82, 2.24) is 4.90 Å². The highest BCUT2D eigenvalue weighted by Gasteiger charge is 2.44. The van der Waals surface area contributed by atoms with E-state index in [2.05, 4.69) is 4.90 Å². The van der Waals surface area contributed by atoms with Crippen LogP contribution in [-0.2, 0) is 9.53 Å².